The number of hydrogen-bond acceptors (Lipinski definition) is 5. The molecule has 0 aliphatic carbocycles. The summed E-state index contributed by atoms with van der Waals surface area (Å²) in [6.07, 6.45) is 1.06. The van der Waals surface area contributed by atoms with Crippen molar-refractivity contribution in [2.45, 2.75) is 51.0 Å². The molecule has 1 spiro atoms. The van der Waals surface area contributed by atoms with E-state index in [1.165, 1.54) is 0 Å². The zero-order valence-corrected chi connectivity index (χ0v) is 12.0. The van der Waals surface area contributed by atoms with E-state index < -0.39 is 11.4 Å². The molecule has 2 fully saturated rings. The third-order valence-electron chi connectivity index (χ3n) is 3.30. The Balaban J connectivity index is 1.84. The summed E-state index contributed by atoms with van der Waals surface area (Å²) in [4.78, 5) is 13.6. The topological polar surface area (TPSA) is 74.0 Å². The van der Waals surface area contributed by atoms with Crippen LogP contribution in [0.2, 0.25) is 0 Å². The zero-order valence-electron chi connectivity index (χ0n) is 12.0. The average Bonchev–Trinajstić information content (AvgIpc) is 2.32. The van der Waals surface area contributed by atoms with Gasteiger partial charge in [-0.3, -0.25) is 0 Å². The number of carbonyl (C=O) groups is 1. The number of hydrogen-bond donors (Lipinski definition) is 1. The van der Waals surface area contributed by atoms with Crippen molar-refractivity contribution in [3.8, 4) is 0 Å². The minimum Gasteiger partial charge on any atom is -0.444 e. The Labute approximate surface area is 114 Å². The second-order valence-electron chi connectivity index (χ2n) is 6.26. The lowest BCUT2D eigenvalue weighted by molar-refractivity contribution is -0.286. The van der Waals surface area contributed by atoms with Gasteiger partial charge < -0.3 is 24.8 Å². The number of amides is 1. The third kappa shape index (κ3) is 3.81. The molecule has 1 amide bonds. The average molecular weight is 272 g/mol. The molecule has 2 rings (SSSR count). The number of nitrogens with two attached hydrogens (primary N) is 1. The van der Waals surface area contributed by atoms with Gasteiger partial charge in [0.15, 0.2) is 5.79 Å². The van der Waals surface area contributed by atoms with Gasteiger partial charge in [0.25, 0.3) is 0 Å². The molecule has 19 heavy (non-hydrogen) atoms. The molecule has 0 atom stereocenters. The van der Waals surface area contributed by atoms with Crippen LogP contribution in [0, 0.1) is 0 Å². The van der Waals surface area contributed by atoms with Gasteiger partial charge in [0.05, 0.1) is 19.3 Å². The maximum absolute atomic E-state index is 11.9. The van der Waals surface area contributed by atoms with E-state index in [2.05, 4.69) is 0 Å². The summed E-state index contributed by atoms with van der Waals surface area (Å²) in [5.74, 6) is -0.547. The van der Waals surface area contributed by atoms with Crippen molar-refractivity contribution in [2.24, 2.45) is 5.73 Å². The van der Waals surface area contributed by atoms with Crippen LogP contribution in [0.1, 0.15) is 33.6 Å². The van der Waals surface area contributed by atoms with E-state index in [-0.39, 0.29) is 12.1 Å². The number of piperidine rings is 1. The highest BCUT2D eigenvalue weighted by molar-refractivity contribution is 5.68. The highest BCUT2D eigenvalue weighted by atomic mass is 16.7. The van der Waals surface area contributed by atoms with Crippen LogP contribution >= 0.6 is 0 Å². The summed E-state index contributed by atoms with van der Waals surface area (Å²) in [6, 6.07) is -0.0467. The first-order chi connectivity index (χ1) is 8.80. The molecule has 2 saturated heterocycles. The lowest BCUT2D eigenvalue weighted by Gasteiger charge is -2.44. The standard InChI is InChI=1S/C13H24N2O4/c1-12(2,3)19-11(16)15-6-4-13(5-7-15)17-8-10(14)9-18-13/h10H,4-9,14H2,1-3H3. The van der Waals surface area contributed by atoms with Crippen LogP contribution in [0.5, 0.6) is 0 Å². The van der Waals surface area contributed by atoms with Crippen molar-refractivity contribution >= 4 is 6.09 Å². The minimum atomic E-state index is -0.547. The maximum atomic E-state index is 11.9. The van der Waals surface area contributed by atoms with Crippen molar-refractivity contribution in [3.05, 3.63) is 0 Å². The Morgan fingerprint density at radius 2 is 1.79 bits per heavy atom. The van der Waals surface area contributed by atoms with Crippen molar-refractivity contribution in [1.82, 2.24) is 4.90 Å². The summed E-state index contributed by atoms with van der Waals surface area (Å²) in [5, 5.41) is 0. The molecule has 6 nitrogen and oxygen atoms in total. The van der Waals surface area contributed by atoms with Gasteiger partial charge in [-0.15, -0.1) is 0 Å². The van der Waals surface area contributed by atoms with Gasteiger partial charge in [0.2, 0.25) is 0 Å². The first-order valence-corrected chi connectivity index (χ1v) is 6.81. The van der Waals surface area contributed by atoms with E-state index >= 15 is 0 Å². The van der Waals surface area contributed by atoms with Crippen molar-refractivity contribution in [3.63, 3.8) is 0 Å². The molecule has 0 aromatic heterocycles. The van der Waals surface area contributed by atoms with Gasteiger partial charge in [-0.05, 0) is 20.8 Å². The van der Waals surface area contributed by atoms with Crippen LogP contribution in [0.3, 0.4) is 0 Å². The van der Waals surface area contributed by atoms with Gasteiger partial charge in [-0.25, -0.2) is 4.79 Å². The highest BCUT2D eigenvalue weighted by Crippen LogP contribution is 2.31. The fraction of sp³-hybridized carbons (Fsp3) is 0.923. The Morgan fingerprint density at radius 3 is 2.26 bits per heavy atom. The molecule has 2 aliphatic rings. The summed E-state index contributed by atoms with van der Waals surface area (Å²) >= 11 is 0. The monoisotopic (exact) mass is 272 g/mol. The molecule has 6 heteroatoms. The number of likely N-dealkylation sites (tertiary alicyclic amines) is 1. The fourth-order valence-electron chi connectivity index (χ4n) is 2.25. The molecule has 2 N–H and O–H groups in total. The SMILES string of the molecule is CC(C)(C)OC(=O)N1CCC2(CC1)OCC(N)CO2. The predicted molar refractivity (Wildman–Crippen MR) is 69.7 cm³/mol. The molecular weight excluding hydrogens is 248 g/mol. The zero-order chi connectivity index (χ0) is 14.1. The van der Waals surface area contributed by atoms with Crippen molar-refractivity contribution < 1.29 is 19.0 Å². The molecule has 2 aliphatic heterocycles. The minimum absolute atomic E-state index is 0.0467. The molecule has 0 radical (unpaired) electrons. The largest absolute Gasteiger partial charge is 0.444 e. The first-order valence-electron chi connectivity index (χ1n) is 6.81. The Hall–Kier alpha value is -0.850. The lowest BCUT2D eigenvalue weighted by atomic mass is 10.0. The van der Waals surface area contributed by atoms with Crippen LogP contribution in [-0.2, 0) is 14.2 Å². The van der Waals surface area contributed by atoms with E-state index in [1.54, 1.807) is 4.90 Å². The Kier molecular flexibility index (Phi) is 4.03. The highest BCUT2D eigenvalue weighted by Gasteiger charge is 2.41. The molecule has 2 heterocycles. The second-order valence-corrected chi connectivity index (χ2v) is 6.26. The molecule has 0 aromatic carbocycles. The maximum Gasteiger partial charge on any atom is 0.410 e. The van der Waals surface area contributed by atoms with E-state index in [0.717, 1.165) is 0 Å². The van der Waals surface area contributed by atoms with Gasteiger partial charge >= 0.3 is 6.09 Å². The molecular formula is C13H24N2O4. The van der Waals surface area contributed by atoms with Crippen LogP contribution in [0.15, 0.2) is 0 Å². The molecule has 0 aromatic rings. The predicted octanol–water partition coefficient (Wildman–Crippen LogP) is 1.09. The fourth-order valence-corrected chi connectivity index (χ4v) is 2.25. The quantitative estimate of drug-likeness (QED) is 0.714. The van der Waals surface area contributed by atoms with Gasteiger partial charge in [0.1, 0.15) is 5.60 Å². The number of carbonyl (C=O) groups excluding carboxylic acids is 1. The van der Waals surface area contributed by atoms with Gasteiger partial charge in [-0.2, -0.15) is 0 Å². The number of nitrogens with zero attached hydrogens (tertiary/aromatic N) is 1. The summed E-state index contributed by atoms with van der Waals surface area (Å²) in [7, 11) is 0. The van der Waals surface area contributed by atoms with E-state index in [0.29, 0.717) is 39.1 Å². The van der Waals surface area contributed by atoms with E-state index in [4.69, 9.17) is 19.9 Å². The van der Waals surface area contributed by atoms with Crippen molar-refractivity contribution in [2.75, 3.05) is 26.3 Å². The van der Waals surface area contributed by atoms with E-state index in [1.807, 2.05) is 20.8 Å². The first kappa shape index (κ1) is 14.6. The van der Waals surface area contributed by atoms with Crippen LogP contribution in [0.25, 0.3) is 0 Å². The second kappa shape index (κ2) is 5.26. The van der Waals surface area contributed by atoms with Gasteiger partial charge in [0, 0.05) is 25.9 Å². The van der Waals surface area contributed by atoms with Crippen molar-refractivity contribution in [1.29, 1.82) is 0 Å². The summed E-state index contributed by atoms with van der Waals surface area (Å²) in [5.41, 5.74) is 5.27. The Bertz CT molecular complexity index is 322. The van der Waals surface area contributed by atoms with Crippen LogP contribution < -0.4 is 5.73 Å². The van der Waals surface area contributed by atoms with Crippen LogP contribution in [0.4, 0.5) is 4.79 Å². The normalized spacial score (nSPS) is 24.5. The molecule has 110 valence electrons. The summed E-state index contributed by atoms with van der Waals surface area (Å²) < 4.78 is 16.8. The third-order valence-corrected chi connectivity index (χ3v) is 3.30. The molecule has 0 saturated carbocycles. The number of rotatable bonds is 0. The molecule has 0 unspecified atom stereocenters. The summed E-state index contributed by atoms with van der Waals surface area (Å²) in [6.45, 7) is 7.81. The lowest BCUT2D eigenvalue weighted by Crippen LogP contribution is -2.55. The number of ether oxygens (including phenoxy) is 3. The van der Waals surface area contributed by atoms with E-state index in [9.17, 15) is 4.79 Å². The van der Waals surface area contributed by atoms with Gasteiger partial charge in [-0.1, -0.05) is 0 Å². The Morgan fingerprint density at radius 1 is 1.26 bits per heavy atom. The smallest absolute Gasteiger partial charge is 0.410 e. The molecule has 0 bridgehead atoms. The van der Waals surface area contributed by atoms with Crippen LogP contribution in [-0.4, -0.2) is 54.7 Å².